The van der Waals surface area contributed by atoms with Crippen LogP contribution in [0.4, 0.5) is 5.13 Å². The molecule has 2 heterocycles. The Morgan fingerprint density at radius 1 is 1.24 bits per heavy atom. The van der Waals surface area contributed by atoms with E-state index in [2.05, 4.69) is 30.1 Å². The maximum atomic E-state index is 5.72. The largest absolute Gasteiger partial charge is 0.494 e. The molecule has 0 unspecified atom stereocenters. The lowest BCUT2D eigenvalue weighted by Gasteiger charge is -2.12. The van der Waals surface area contributed by atoms with Crippen LogP contribution >= 0.6 is 11.3 Å². The fourth-order valence-electron chi connectivity index (χ4n) is 2.22. The third-order valence-corrected chi connectivity index (χ3v) is 4.09. The van der Waals surface area contributed by atoms with E-state index in [9.17, 15) is 0 Å². The molecule has 2 aromatic heterocycles. The third-order valence-electron chi connectivity index (χ3n) is 3.30. The van der Waals surface area contributed by atoms with Crippen LogP contribution in [0.5, 0.6) is 5.75 Å². The van der Waals surface area contributed by atoms with E-state index in [-0.39, 0.29) is 0 Å². The Morgan fingerprint density at radius 3 is 2.67 bits per heavy atom. The molecule has 0 saturated heterocycles. The summed E-state index contributed by atoms with van der Waals surface area (Å²) in [5, 5.41) is 10.3. The number of benzene rings is 1. The summed E-state index contributed by atoms with van der Waals surface area (Å²) in [6.45, 7) is 4.23. The average Bonchev–Trinajstić information content (AvgIpc) is 2.91. The standard InChI is InChI=1S/C15H16N4OS/c1-8(2)11-7-10(14-18-19-15(16)21-14)9-5-4-6-12(20-3)13(9)17-11/h4-8H,1-3H3,(H2,16,19). The minimum Gasteiger partial charge on any atom is -0.494 e. The van der Waals surface area contributed by atoms with Crippen molar-refractivity contribution >= 4 is 27.4 Å². The first-order valence-corrected chi connectivity index (χ1v) is 7.48. The van der Waals surface area contributed by atoms with E-state index in [0.29, 0.717) is 11.0 Å². The highest BCUT2D eigenvalue weighted by molar-refractivity contribution is 7.18. The summed E-state index contributed by atoms with van der Waals surface area (Å²) in [6, 6.07) is 7.94. The number of para-hydroxylation sites is 1. The van der Waals surface area contributed by atoms with Gasteiger partial charge in [0.25, 0.3) is 0 Å². The van der Waals surface area contributed by atoms with Gasteiger partial charge < -0.3 is 10.5 Å². The minimum absolute atomic E-state index is 0.309. The smallest absolute Gasteiger partial charge is 0.203 e. The molecular weight excluding hydrogens is 284 g/mol. The van der Waals surface area contributed by atoms with Gasteiger partial charge in [-0.3, -0.25) is 0 Å². The van der Waals surface area contributed by atoms with E-state index in [1.807, 2.05) is 18.2 Å². The van der Waals surface area contributed by atoms with E-state index < -0.39 is 0 Å². The molecule has 0 aliphatic rings. The topological polar surface area (TPSA) is 73.9 Å². The summed E-state index contributed by atoms with van der Waals surface area (Å²) < 4.78 is 5.44. The number of nitrogens with zero attached hydrogens (tertiary/aromatic N) is 3. The van der Waals surface area contributed by atoms with Crippen molar-refractivity contribution in [2.24, 2.45) is 0 Å². The Morgan fingerprint density at radius 2 is 2.05 bits per heavy atom. The number of hydrogen-bond donors (Lipinski definition) is 1. The molecule has 0 aliphatic carbocycles. The molecule has 3 rings (SSSR count). The van der Waals surface area contributed by atoms with Gasteiger partial charge in [0, 0.05) is 16.6 Å². The fourth-order valence-corrected chi connectivity index (χ4v) is 2.86. The summed E-state index contributed by atoms with van der Waals surface area (Å²) in [5.74, 6) is 1.07. The second-order valence-corrected chi connectivity index (χ2v) is 6.06. The van der Waals surface area contributed by atoms with Gasteiger partial charge in [0.1, 0.15) is 16.3 Å². The Balaban J connectivity index is 2.36. The zero-order valence-corrected chi connectivity index (χ0v) is 12.9. The maximum absolute atomic E-state index is 5.72. The lowest BCUT2D eigenvalue weighted by Crippen LogP contribution is -1.97. The Bertz CT molecular complexity index is 797. The van der Waals surface area contributed by atoms with Gasteiger partial charge in [-0.05, 0) is 18.1 Å². The van der Waals surface area contributed by atoms with Crippen LogP contribution in [0.3, 0.4) is 0 Å². The number of pyridine rings is 1. The van der Waals surface area contributed by atoms with Crippen molar-refractivity contribution in [2.75, 3.05) is 12.8 Å². The van der Waals surface area contributed by atoms with E-state index in [4.69, 9.17) is 15.5 Å². The molecule has 0 spiro atoms. The summed E-state index contributed by atoms with van der Waals surface area (Å²) in [5.41, 5.74) is 8.55. The van der Waals surface area contributed by atoms with Crippen molar-refractivity contribution in [1.82, 2.24) is 15.2 Å². The quantitative estimate of drug-likeness (QED) is 0.801. The van der Waals surface area contributed by atoms with Gasteiger partial charge in [-0.1, -0.05) is 37.3 Å². The molecule has 0 amide bonds. The summed E-state index contributed by atoms with van der Waals surface area (Å²) in [4.78, 5) is 4.74. The van der Waals surface area contributed by atoms with Crippen molar-refractivity contribution < 1.29 is 4.74 Å². The van der Waals surface area contributed by atoms with Gasteiger partial charge in [-0.25, -0.2) is 4.98 Å². The molecule has 108 valence electrons. The molecule has 2 N–H and O–H groups in total. The molecule has 0 saturated carbocycles. The molecule has 6 heteroatoms. The maximum Gasteiger partial charge on any atom is 0.203 e. The Kier molecular flexibility index (Phi) is 3.47. The highest BCUT2D eigenvalue weighted by Gasteiger charge is 2.15. The monoisotopic (exact) mass is 300 g/mol. The molecule has 0 aliphatic heterocycles. The van der Waals surface area contributed by atoms with E-state index in [0.717, 1.165) is 32.9 Å². The van der Waals surface area contributed by atoms with Gasteiger partial charge >= 0.3 is 0 Å². The van der Waals surface area contributed by atoms with Crippen molar-refractivity contribution in [3.8, 4) is 16.3 Å². The van der Waals surface area contributed by atoms with Crippen LogP contribution in [0.15, 0.2) is 24.3 Å². The second kappa shape index (κ2) is 5.29. The number of nitrogen functional groups attached to an aromatic ring is 1. The van der Waals surface area contributed by atoms with Crippen LogP contribution < -0.4 is 10.5 Å². The Hall–Kier alpha value is -2.21. The van der Waals surface area contributed by atoms with Crippen LogP contribution in [-0.2, 0) is 0 Å². The van der Waals surface area contributed by atoms with Crippen molar-refractivity contribution in [3.63, 3.8) is 0 Å². The number of methoxy groups -OCH3 is 1. The number of ether oxygens (including phenoxy) is 1. The number of hydrogen-bond acceptors (Lipinski definition) is 6. The van der Waals surface area contributed by atoms with E-state index in [1.165, 1.54) is 11.3 Å². The molecule has 1 aromatic carbocycles. The van der Waals surface area contributed by atoms with Crippen LogP contribution in [0.25, 0.3) is 21.5 Å². The zero-order valence-electron chi connectivity index (χ0n) is 12.1. The van der Waals surface area contributed by atoms with Crippen LogP contribution in [0.1, 0.15) is 25.5 Å². The van der Waals surface area contributed by atoms with Gasteiger partial charge in [-0.2, -0.15) is 0 Å². The van der Waals surface area contributed by atoms with Crippen LogP contribution in [0.2, 0.25) is 0 Å². The molecule has 0 fully saturated rings. The molecule has 0 radical (unpaired) electrons. The lowest BCUT2D eigenvalue weighted by molar-refractivity contribution is 0.419. The van der Waals surface area contributed by atoms with Gasteiger partial charge in [0.15, 0.2) is 0 Å². The third kappa shape index (κ3) is 2.42. The van der Waals surface area contributed by atoms with Crippen LogP contribution in [-0.4, -0.2) is 22.3 Å². The van der Waals surface area contributed by atoms with Crippen molar-refractivity contribution in [1.29, 1.82) is 0 Å². The van der Waals surface area contributed by atoms with Crippen LogP contribution in [0, 0.1) is 0 Å². The Labute approximate surface area is 126 Å². The lowest BCUT2D eigenvalue weighted by atomic mass is 10.0. The molecule has 21 heavy (non-hydrogen) atoms. The summed E-state index contributed by atoms with van der Waals surface area (Å²) in [6.07, 6.45) is 0. The van der Waals surface area contributed by atoms with Crippen molar-refractivity contribution in [2.45, 2.75) is 19.8 Å². The van der Waals surface area contributed by atoms with Gasteiger partial charge in [0.05, 0.1) is 7.11 Å². The molecule has 5 nitrogen and oxygen atoms in total. The predicted molar refractivity (Wildman–Crippen MR) is 85.7 cm³/mol. The molecular formula is C15H16N4OS. The van der Waals surface area contributed by atoms with E-state index in [1.54, 1.807) is 7.11 Å². The summed E-state index contributed by atoms with van der Waals surface area (Å²) in [7, 11) is 1.65. The number of anilines is 1. The number of nitrogens with two attached hydrogens (primary N) is 1. The highest BCUT2D eigenvalue weighted by atomic mass is 32.1. The second-order valence-electron chi connectivity index (χ2n) is 5.05. The normalized spacial score (nSPS) is 11.2. The number of fused-ring (bicyclic) bond motifs is 1. The number of rotatable bonds is 3. The molecule has 0 bridgehead atoms. The summed E-state index contributed by atoms with van der Waals surface area (Å²) >= 11 is 1.38. The zero-order chi connectivity index (χ0) is 15.0. The highest BCUT2D eigenvalue weighted by Crippen LogP contribution is 2.36. The number of aromatic nitrogens is 3. The van der Waals surface area contributed by atoms with E-state index >= 15 is 0 Å². The minimum atomic E-state index is 0.309. The first-order valence-electron chi connectivity index (χ1n) is 6.67. The molecule has 3 aromatic rings. The average molecular weight is 300 g/mol. The molecule has 0 atom stereocenters. The van der Waals surface area contributed by atoms with Crippen molar-refractivity contribution in [3.05, 3.63) is 30.0 Å². The SMILES string of the molecule is COc1cccc2c(-c3nnc(N)s3)cc(C(C)C)nc12. The fraction of sp³-hybridized carbons (Fsp3) is 0.267. The van der Waals surface area contributed by atoms with Gasteiger partial charge in [0.2, 0.25) is 5.13 Å². The first kappa shape index (κ1) is 13.8. The van der Waals surface area contributed by atoms with Gasteiger partial charge in [-0.15, -0.1) is 10.2 Å². The predicted octanol–water partition coefficient (Wildman–Crippen LogP) is 3.47. The first-order chi connectivity index (χ1) is 10.1.